The summed E-state index contributed by atoms with van der Waals surface area (Å²) in [4.78, 5) is 21.6. The molecule has 0 rings (SSSR count). The Labute approximate surface area is 63.1 Å². The van der Waals surface area contributed by atoms with Crippen molar-refractivity contribution >= 4 is 20.5 Å². The number of rotatable bonds is 0. The van der Waals surface area contributed by atoms with Crippen LogP contribution in [0.4, 0.5) is 0 Å². The molecule has 0 aliphatic carbocycles. The summed E-state index contributed by atoms with van der Waals surface area (Å²) in [5, 5.41) is 11.7. The summed E-state index contributed by atoms with van der Waals surface area (Å²) in [7, 11) is -4.64. The van der Waals surface area contributed by atoms with Gasteiger partial charge in [-0.3, -0.25) is 10.8 Å². The minimum atomic E-state index is -4.64. The maximum absolute atomic E-state index is 8.88. The molecule has 0 spiro atoms. The lowest BCUT2D eigenvalue weighted by atomic mass is 11.4. The summed E-state index contributed by atoms with van der Waals surface area (Å²) < 4.78 is 8.88. The normalized spacial score (nSPS) is 7.55. The first-order valence-electron chi connectivity index (χ1n) is 2.03. The molecule has 0 bridgehead atoms. The molecule has 0 fully saturated rings. The first kappa shape index (κ1) is 16.6. The molecule has 0 radical (unpaired) electrons. The Hall–Kier alpha value is -0.950. The molecule has 0 saturated carbocycles. The largest absolute Gasteiger partial charge is 0.466 e. The Morgan fingerprint density at radius 3 is 1.09 bits per heavy atom. The second-order valence-corrected chi connectivity index (χ2v) is 1.87. The molecule has 0 saturated heterocycles. The number of hydrogen-bond acceptors (Lipinski definition) is 3. The molecule has 11 heavy (non-hydrogen) atoms. The van der Waals surface area contributed by atoms with E-state index in [1.54, 1.807) is 0 Å². The summed E-state index contributed by atoms with van der Waals surface area (Å²) in [6, 6.07) is 0. The van der Waals surface area contributed by atoms with Crippen LogP contribution in [0.25, 0.3) is 0 Å². The fraction of sp³-hybridized carbons (Fsp3) is 0. The van der Waals surface area contributed by atoms with E-state index in [-0.39, 0.29) is 0 Å². The Balaban J connectivity index is -0.0000000933. The molecular weight excluding hydrogens is 175 g/mol. The van der Waals surface area contributed by atoms with Crippen molar-refractivity contribution in [2.75, 3.05) is 0 Å². The zero-order valence-electron chi connectivity index (χ0n) is 5.51. The Morgan fingerprint density at radius 1 is 1.09 bits per heavy atom. The lowest BCUT2D eigenvalue weighted by Crippen LogP contribution is -1.81. The predicted molar refractivity (Wildman–Crippen MR) is 40.2 cm³/mol. The maximum atomic E-state index is 8.88. The van der Waals surface area contributed by atoms with Gasteiger partial charge in [-0.05, 0) is 0 Å². The van der Waals surface area contributed by atoms with Crippen LogP contribution in [0.5, 0.6) is 0 Å². The van der Waals surface area contributed by atoms with Gasteiger partial charge in [-0.1, -0.05) is 0 Å². The van der Waals surface area contributed by atoms with E-state index in [1.807, 2.05) is 0 Å². The van der Waals surface area contributed by atoms with Crippen LogP contribution in [0.2, 0.25) is 0 Å². The maximum Gasteiger partial charge on any atom is 0.466 e. The Kier molecular flexibility index (Phi) is 17.8. The van der Waals surface area contributed by atoms with Crippen LogP contribution >= 0.6 is 7.82 Å². The average molecular weight is 186 g/mol. The summed E-state index contributed by atoms with van der Waals surface area (Å²) in [5.74, 6) is 0. The molecule has 0 unspecified atom stereocenters. The van der Waals surface area contributed by atoms with Gasteiger partial charge in [0.2, 0.25) is 0 Å². The molecule has 9 heteroatoms. The molecule has 0 amide bonds. The van der Waals surface area contributed by atoms with Crippen molar-refractivity contribution in [3.05, 3.63) is 0 Å². The third-order valence-electron chi connectivity index (χ3n) is 0. The standard InChI is InChI=1S/2CH4N2.H3O4P/c2*2-1-3;1-5(2,3)4/h2*1H,(H3,2,3);(H3,1,2,3,4). The topological polar surface area (TPSA) is 177 Å². The van der Waals surface area contributed by atoms with Gasteiger partial charge < -0.3 is 26.1 Å². The van der Waals surface area contributed by atoms with E-state index < -0.39 is 7.82 Å². The van der Waals surface area contributed by atoms with Crippen molar-refractivity contribution in [2.24, 2.45) is 11.5 Å². The van der Waals surface area contributed by atoms with E-state index in [0.717, 1.165) is 12.7 Å². The highest BCUT2D eigenvalue weighted by molar-refractivity contribution is 7.45. The minimum absolute atomic E-state index is 0.750. The SMILES string of the molecule is N=CN.N=CN.O=P(O)(O)O. The summed E-state index contributed by atoms with van der Waals surface area (Å²) >= 11 is 0. The second-order valence-electron chi connectivity index (χ2n) is 0.847. The molecule has 0 aliphatic heterocycles. The first-order valence-corrected chi connectivity index (χ1v) is 3.59. The van der Waals surface area contributed by atoms with Crippen LogP contribution in [-0.4, -0.2) is 27.4 Å². The van der Waals surface area contributed by atoms with E-state index in [0.29, 0.717) is 0 Å². The van der Waals surface area contributed by atoms with Crippen LogP contribution in [0, 0.1) is 10.8 Å². The molecule has 0 aromatic rings. The van der Waals surface area contributed by atoms with Crippen LogP contribution in [0.3, 0.4) is 0 Å². The van der Waals surface area contributed by atoms with E-state index in [1.165, 1.54) is 0 Å². The molecule has 8 nitrogen and oxygen atoms in total. The molecule has 68 valence electrons. The zero-order chi connectivity index (χ0) is 9.91. The third kappa shape index (κ3) is 498. The quantitative estimate of drug-likeness (QED) is 0.133. The average Bonchev–Trinajstić information content (AvgIpc) is 1.62. The summed E-state index contributed by atoms with van der Waals surface area (Å²) in [6.45, 7) is 0. The van der Waals surface area contributed by atoms with E-state index >= 15 is 0 Å². The lowest BCUT2D eigenvalue weighted by Gasteiger charge is -1.82. The van der Waals surface area contributed by atoms with Gasteiger partial charge in [0.1, 0.15) is 0 Å². The van der Waals surface area contributed by atoms with Gasteiger partial charge in [-0.15, -0.1) is 0 Å². The highest BCUT2D eigenvalue weighted by Crippen LogP contribution is 2.25. The smallest absolute Gasteiger partial charge is 0.390 e. The van der Waals surface area contributed by atoms with Crippen molar-refractivity contribution in [1.29, 1.82) is 10.8 Å². The fourth-order valence-corrected chi connectivity index (χ4v) is 0. The number of phosphoric acid groups is 1. The number of nitrogens with one attached hydrogen (secondary N) is 2. The molecule has 0 aliphatic rings. The van der Waals surface area contributed by atoms with Crippen molar-refractivity contribution in [1.82, 2.24) is 0 Å². The van der Waals surface area contributed by atoms with Crippen molar-refractivity contribution in [2.45, 2.75) is 0 Å². The van der Waals surface area contributed by atoms with Gasteiger partial charge in [0.05, 0.1) is 12.7 Å². The number of nitrogens with two attached hydrogens (primary N) is 2. The van der Waals surface area contributed by atoms with Crippen molar-refractivity contribution < 1.29 is 19.2 Å². The molecule has 0 aromatic carbocycles. The van der Waals surface area contributed by atoms with E-state index in [9.17, 15) is 0 Å². The highest BCUT2D eigenvalue weighted by Gasteiger charge is 2.00. The van der Waals surface area contributed by atoms with Gasteiger partial charge in [0.15, 0.2) is 0 Å². The van der Waals surface area contributed by atoms with Crippen LogP contribution < -0.4 is 11.5 Å². The first-order chi connectivity index (χ1) is 4.83. The fourth-order valence-electron chi connectivity index (χ4n) is 0. The van der Waals surface area contributed by atoms with Crippen LogP contribution in [0.1, 0.15) is 0 Å². The second kappa shape index (κ2) is 11.8. The monoisotopic (exact) mass is 186 g/mol. The third-order valence-corrected chi connectivity index (χ3v) is 0. The highest BCUT2D eigenvalue weighted by atomic mass is 31.2. The molecule has 0 aromatic heterocycles. The zero-order valence-corrected chi connectivity index (χ0v) is 6.40. The molecular formula is C2H11N4O4P. The van der Waals surface area contributed by atoms with E-state index in [4.69, 9.17) is 30.1 Å². The molecule has 0 atom stereocenters. The lowest BCUT2D eigenvalue weighted by molar-refractivity contribution is 0.275. The van der Waals surface area contributed by atoms with Gasteiger partial charge in [0.25, 0.3) is 0 Å². The number of hydrogen-bond donors (Lipinski definition) is 7. The van der Waals surface area contributed by atoms with Crippen molar-refractivity contribution in [3.63, 3.8) is 0 Å². The van der Waals surface area contributed by atoms with Crippen molar-refractivity contribution in [3.8, 4) is 0 Å². The summed E-state index contributed by atoms with van der Waals surface area (Å²) in [5.41, 5.74) is 8.78. The Bertz CT molecular complexity index is 118. The summed E-state index contributed by atoms with van der Waals surface area (Å²) in [6.07, 6.45) is 1.50. The van der Waals surface area contributed by atoms with Gasteiger partial charge >= 0.3 is 7.82 Å². The molecule has 0 heterocycles. The van der Waals surface area contributed by atoms with E-state index in [2.05, 4.69) is 11.5 Å². The minimum Gasteiger partial charge on any atom is -0.390 e. The van der Waals surface area contributed by atoms with Crippen LogP contribution in [0.15, 0.2) is 0 Å². The van der Waals surface area contributed by atoms with Crippen LogP contribution in [-0.2, 0) is 4.57 Å². The Morgan fingerprint density at radius 2 is 1.09 bits per heavy atom. The van der Waals surface area contributed by atoms with Gasteiger partial charge in [0, 0.05) is 0 Å². The molecule has 9 N–H and O–H groups in total. The van der Waals surface area contributed by atoms with Gasteiger partial charge in [-0.25, -0.2) is 4.57 Å². The predicted octanol–water partition coefficient (Wildman–Crippen LogP) is -1.82. The van der Waals surface area contributed by atoms with Gasteiger partial charge in [-0.2, -0.15) is 0 Å².